The lowest BCUT2D eigenvalue weighted by Gasteiger charge is -2.17. The van der Waals surface area contributed by atoms with E-state index in [-0.39, 0.29) is 11.8 Å². The van der Waals surface area contributed by atoms with Gasteiger partial charge in [-0.25, -0.2) is 0 Å². The predicted molar refractivity (Wildman–Crippen MR) is 106 cm³/mol. The molecule has 6 nitrogen and oxygen atoms in total. The number of benzene rings is 1. The first kappa shape index (κ1) is 18.1. The summed E-state index contributed by atoms with van der Waals surface area (Å²) < 4.78 is 0. The van der Waals surface area contributed by atoms with Crippen LogP contribution in [0.5, 0.6) is 0 Å². The Bertz CT molecular complexity index is 899. The van der Waals surface area contributed by atoms with Crippen molar-refractivity contribution in [2.75, 3.05) is 11.1 Å². The van der Waals surface area contributed by atoms with E-state index in [0.717, 1.165) is 24.2 Å². The molecule has 1 aromatic heterocycles. The Morgan fingerprint density at radius 1 is 1.00 bits per heavy atom. The Morgan fingerprint density at radius 3 is 2.70 bits per heavy atom. The standard InChI is InChI=1S/C19H19N3O3S2/c23-17-10-26-15-7-6-12(8-13(15)20-17)18(24)21-22-19(25)16-9-11-4-2-1-3-5-14(11)27-16/h6-9H,1-5,10H2,(H,20,23)(H,21,24)(H,22,25). The van der Waals surface area contributed by atoms with Crippen molar-refractivity contribution in [1.29, 1.82) is 0 Å². The summed E-state index contributed by atoms with van der Waals surface area (Å²) >= 11 is 2.94. The van der Waals surface area contributed by atoms with Crippen LogP contribution >= 0.6 is 23.1 Å². The molecule has 0 atom stereocenters. The maximum atomic E-state index is 12.4. The number of anilines is 1. The van der Waals surface area contributed by atoms with Gasteiger partial charge < -0.3 is 5.32 Å². The number of amides is 3. The fourth-order valence-corrected chi connectivity index (χ4v) is 5.19. The van der Waals surface area contributed by atoms with Crippen LogP contribution < -0.4 is 16.2 Å². The molecule has 3 N–H and O–H groups in total. The molecule has 0 unspecified atom stereocenters. The number of carbonyl (C=O) groups excluding carboxylic acids is 3. The second kappa shape index (κ2) is 7.74. The summed E-state index contributed by atoms with van der Waals surface area (Å²) in [4.78, 5) is 39.1. The molecule has 2 aliphatic rings. The van der Waals surface area contributed by atoms with Gasteiger partial charge >= 0.3 is 0 Å². The van der Waals surface area contributed by atoms with Crippen molar-refractivity contribution < 1.29 is 14.4 Å². The van der Waals surface area contributed by atoms with E-state index in [1.165, 1.54) is 46.4 Å². The number of rotatable bonds is 2. The van der Waals surface area contributed by atoms with Gasteiger partial charge in [-0.3, -0.25) is 25.2 Å². The van der Waals surface area contributed by atoms with Crippen LogP contribution in [0, 0.1) is 0 Å². The van der Waals surface area contributed by atoms with E-state index in [9.17, 15) is 14.4 Å². The van der Waals surface area contributed by atoms with Gasteiger partial charge in [-0.15, -0.1) is 23.1 Å². The van der Waals surface area contributed by atoms with Crippen LogP contribution in [0.1, 0.15) is 49.7 Å². The quantitative estimate of drug-likeness (QED) is 0.533. The number of carbonyl (C=O) groups is 3. The molecule has 2 heterocycles. The SMILES string of the molecule is O=C1CSc2ccc(C(=O)NNC(=O)c3cc4c(s3)CCCCC4)cc2N1. The van der Waals surface area contributed by atoms with Gasteiger partial charge in [0.2, 0.25) is 5.91 Å². The first-order valence-electron chi connectivity index (χ1n) is 8.89. The van der Waals surface area contributed by atoms with Gasteiger partial charge in [0.1, 0.15) is 0 Å². The maximum absolute atomic E-state index is 12.4. The lowest BCUT2D eigenvalue weighted by Crippen LogP contribution is -2.41. The molecule has 1 aliphatic carbocycles. The highest BCUT2D eigenvalue weighted by Crippen LogP contribution is 2.32. The predicted octanol–water partition coefficient (Wildman–Crippen LogP) is 3.14. The maximum Gasteiger partial charge on any atom is 0.279 e. The van der Waals surface area contributed by atoms with Crippen LogP contribution in [-0.4, -0.2) is 23.5 Å². The number of hydrogen-bond acceptors (Lipinski definition) is 5. The van der Waals surface area contributed by atoms with Crippen molar-refractivity contribution in [3.8, 4) is 0 Å². The first-order chi connectivity index (χ1) is 13.1. The molecule has 0 fully saturated rings. The van der Waals surface area contributed by atoms with Crippen molar-refractivity contribution in [2.45, 2.75) is 37.0 Å². The minimum atomic E-state index is -0.422. The van der Waals surface area contributed by atoms with Crippen molar-refractivity contribution in [3.05, 3.63) is 45.1 Å². The summed E-state index contributed by atoms with van der Waals surface area (Å²) in [5.74, 6) is -0.437. The van der Waals surface area contributed by atoms with Crippen molar-refractivity contribution in [3.63, 3.8) is 0 Å². The number of aryl methyl sites for hydroxylation is 2. The van der Waals surface area contributed by atoms with Crippen molar-refractivity contribution >= 4 is 46.5 Å². The van der Waals surface area contributed by atoms with Crippen LogP contribution in [0.3, 0.4) is 0 Å². The van der Waals surface area contributed by atoms with E-state index in [1.54, 1.807) is 18.2 Å². The van der Waals surface area contributed by atoms with Gasteiger partial charge in [-0.1, -0.05) is 6.42 Å². The molecular formula is C19H19N3O3S2. The fourth-order valence-electron chi connectivity index (χ4n) is 3.25. The van der Waals surface area contributed by atoms with Gasteiger partial charge in [0.25, 0.3) is 11.8 Å². The molecule has 0 radical (unpaired) electrons. The number of nitrogens with one attached hydrogen (secondary N) is 3. The van der Waals surface area contributed by atoms with E-state index in [2.05, 4.69) is 16.2 Å². The Kier molecular flexibility index (Phi) is 5.18. The third-order valence-electron chi connectivity index (χ3n) is 4.63. The van der Waals surface area contributed by atoms with Gasteiger partial charge in [0, 0.05) is 15.3 Å². The van der Waals surface area contributed by atoms with E-state index >= 15 is 0 Å². The number of thiophene rings is 1. The largest absolute Gasteiger partial charge is 0.324 e. The molecule has 27 heavy (non-hydrogen) atoms. The molecule has 0 saturated carbocycles. The first-order valence-corrected chi connectivity index (χ1v) is 10.7. The molecule has 2 aromatic rings. The molecule has 8 heteroatoms. The molecule has 4 rings (SSSR count). The molecule has 0 saturated heterocycles. The summed E-state index contributed by atoms with van der Waals surface area (Å²) in [6.07, 6.45) is 5.61. The Morgan fingerprint density at radius 2 is 1.81 bits per heavy atom. The topological polar surface area (TPSA) is 87.3 Å². The smallest absolute Gasteiger partial charge is 0.279 e. The fraction of sp³-hybridized carbons (Fsp3) is 0.316. The second-order valence-corrected chi connectivity index (χ2v) is 8.73. The highest BCUT2D eigenvalue weighted by atomic mass is 32.2. The monoisotopic (exact) mass is 401 g/mol. The van der Waals surface area contributed by atoms with Crippen LogP contribution in [0.15, 0.2) is 29.2 Å². The summed E-state index contributed by atoms with van der Waals surface area (Å²) in [5, 5.41) is 2.75. The van der Waals surface area contributed by atoms with Gasteiger partial charge in [0.05, 0.1) is 16.3 Å². The molecular weight excluding hydrogens is 382 g/mol. The number of hydrazine groups is 1. The Hall–Kier alpha value is -2.32. The zero-order valence-electron chi connectivity index (χ0n) is 14.6. The zero-order valence-corrected chi connectivity index (χ0v) is 16.2. The highest BCUT2D eigenvalue weighted by Gasteiger charge is 2.19. The molecule has 1 aromatic carbocycles. The van der Waals surface area contributed by atoms with E-state index < -0.39 is 5.91 Å². The van der Waals surface area contributed by atoms with Gasteiger partial charge in [-0.2, -0.15) is 0 Å². The van der Waals surface area contributed by atoms with Crippen LogP contribution in [0.4, 0.5) is 5.69 Å². The van der Waals surface area contributed by atoms with Crippen molar-refractivity contribution in [2.24, 2.45) is 0 Å². The number of fused-ring (bicyclic) bond motifs is 2. The van der Waals surface area contributed by atoms with E-state index in [1.807, 2.05) is 6.07 Å². The van der Waals surface area contributed by atoms with E-state index in [4.69, 9.17) is 0 Å². The second-order valence-electron chi connectivity index (χ2n) is 6.58. The minimum Gasteiger partial charge on any atom is -0.324 e. The van der Waals surface area contributed by atoms with Crippen LogP contribution in [0.2, 0.25) is 0 Å². The summed E-state index contributed by atoms with van der Waals surface area (Å²) in [6.45, 7) is 0. The van der Waals surface area contributed by atoms with Crippen molar-refractivity contribution in [1.82, 2.24) is 10.9 Å². The average Bonchev–Trinajstić information content (AvgIpc) is 2.96. The summed E-state index contributed by atoms with van der Waals surface area (Å²) in [6, 6.07) is 7.04. The average molecular weight is 402 g/mol. The van der Waals surface area contributed by atoms with Crippen LogP contribution in [0.25, 0.3) is 0 Å². The van der Waals surface area contributed by atoms with Crippen LogP contribution in [-0.2, 0) is 17.6 Å². The molecule has 0 spiro atoms. The number of thioether (sulfide) groups is 1. The lowest BCUT2D eigenvalue weighted by molar-refractivity contribution is -0.113. The normalized spacial score (nSPS) is 15.8. The highest BCUT2D eigenvalue weighted by molar-refractivity contribution is 8.00. The lowest BCUT2D eigenvalue weighted by atomic mass is 10.1. The molecule has 0 bridgehead atoms. The van der Waals surface area contributed by atoms with E-state index in [0.29, 0.717) is 21.9 Å². The molecule has 1 aliphatic heterocycles. The van der Waals surface area contributed by atoms with Gasteiger partial charge in [-0.05, 0) is 55.5 Å². The summed E-state index contributed by atoms with van der Waals surface area (Å²) in [5.41, 5.74) is 7.20. The third kappa shape index (κ3) is 4.01. The Balaban J connectivity index is 1.40. The van der Waals surface area contributed by atoms with Gasteiger partial charge in [0.15, 0.2) is 0 Å². The Labute approximate surface area is 165 Å². The molecule has 140 valence electrons. The zero-order chi connectivity index (χ0) is 18.8. The summed E-state index contributed by atoms with van der Waals surface area (Å²) in [7, 11) is 0. The minimum absolute atomic E-state index is 0.0872. The third-order valence-corrected chi connectivity index (χ3v) is 6.94. The molecule has 3 amide bonds. The number of hydrogen-bond donors (Lipinski definition) is 3.